The first-order valence-electron chi connectivity index (χ1n) is 7.60. The third-order valence-corrected chi connectivity index (χ3v) is 5.45. The topological polar surface area (TPSA) is 98.5 Å². The number of aromatic nitrogens is 6. The molecular weight excluding hydrogens is 358 g/mol. The van der Waals surface area contributed by atoms with Crippen LogP contribution in [0.3, 0.4) is 0 Å². The Balaban J connectivity index is 1.60. The van der Waals surface area contributed by atoms with Gasteiger partial charge in [0.2, 0.25) is 11.0 Å². The Morgan fingerprint density at radius 3 is 2.68 bits per heavy atom. The van der Waals surface area contributed by atoms with Gasteiger partial charge in [0.05, 0.1) is 5.75 Å². The van der Waals surface area contributed by atoms with Gasteiger partial charge in [-0.25, -0.2) is 0 Å². The average Bonchev–Trinajstić information content (AvgIpc) is 3.21. The largest absolute Gasteiger partial charge is 0.305 e. The molecule has 0 aliphatic heterocycles. The number of nitrogens with zero attached hydrogens (tertiary/aromatic N) is 6. The molecule has 10 heteroatoms. The number of hydrogen-bond donors (Lipinski definition) is 1. The first-order chi connectivity index (χ1) is 12.0. The van der Waals surface area contributed by atoms with Crippen molar-refractivity contribution in [1.29, 1.82) is 0 Å². The van der Waals surface area contributed by atoms with Crippen molar-refractivity contribution < 1.29 is 4.79 Å². The quantitative estimate of drug-likeness (QED) is 0.661. The van der Waals surface area contributed by atoms with Crippen molar-refractivity contribution >= 4 is 34.1 Å². The van der Waals surface area contributed by atoms with Gasteiger partial charge < -0.3 is 4.57 Å². The predicted octanol–water partition coefficient (Wildman–Crippen LogP) is 2.58. The SMILES string of the molecule is CC(C)c1nnc(NC(=O)CSc2nnc(-c3ccncc3)n2C)s1. The van der Waals surface area contributed by atoms with Gasteiger partial charge >= 0.3 is 0 Å². The Morgan fingerprint density at radius 2 is 2.00 bits per heavy atom. The highest BCUT2D eigenvalue weighted by Gasteiger charge is 2.14. The van der Waals surface area contributed by atoms with E-state index in [0.717, 1.165) is 16.4 Å². The van der Waals surface area contributed by atoms with Crippen LogP contribution in [0.2, 0.25) is 0 Å². The first-order valence-corrected chi connectivity index (χ1v) is 9.40. The Bertz CT molecular complexity index is 860. The van der Waals surface area contributed by atoms with E-state index in [0.29, 0.717) is 16.2 Å². The molecule has 3 rings (SSSR count). The van der Waals surface area contributed by atoms with Crippen LogP contribution in [0.25, 0.3) is 11.4 Å². The van der Waals surface area contributed by atoms with E-state index >= 15 is 0 Å². The van der Waals surface area contributed by atoms with Crippen LogP contribution in [0.1, 0.15) is 24.8 Å². The summed E-state index contributed by atoms with van der Waals surface area (Å²) in [7, 11) is 1.87. The molecule has 0 fully saturated rings. The van der Waals surface area contributed by atoms with E-state index in [-0.39, 0.29) is 11.7 Å². The summed E-state index contributed by atoms with van der Waals surface area (Å²) >= 11 is 2.71. The summed E-state index contributed by atoms with van der Waals surface area (Å²) in [6, 6.07) is 3.74. The summed E-state index contributed by atoms with van der Waals surface area (Å²) in [5, 5.41) is 21.2. The van der Waals surface area contributed by atoms with Crippen LogP contribution < -0.4 is 5.32 Å². The van der Waals surface area contributed by atoms with E-state index < -0.39 is 0 Å². The van der Waals surface area contributed by atoms with Crippen LogP contribution in [0.4, 0.5) is 5.13 Å². The van der Waals surface area contributed by atoms with Crippen molar-refractivity contribution in [3.63, 3.8) is 0 Å². The van der Waals surface area contributed by atoms with Crippen molar-refractivity contribution in [1.82, 2.24) is 29.9 Å². The molecule has 0 bridgehead atoms. The second-order valence-corrected chi connectivity index (χ2v) is 7.49. The minimum absolute atomic E-state index is 0.148. The molecule has 0 saturated carbocycles. The number of nitrogens with one attached hydrogen (secondary N) is 1. The van der Waals surface area contributed by atoms with E-state index in [1.54, 1.807) is 12.4 Å². The molecule has 0 aromatic carbocycles. The summed E-state index contributed by atoms with van der Waals surface area (Å²) in [6.45, 7) is 4.08. The summed E-state index contributed by atoms with van der Waals surface area (Å²) in [5.74, 6) is 1.10. The van der Waals surface area contributed by atoms with Crippen LogP contribution in [-0.2, 0) is 11.8 Å². The van der Waals surface area contributed by atoms with E-state index in [1.807, 2.05) is 37.6 Å². The van der Waals surface area contributed by atoms with Crippen LogP contribution in [0.15, 0.2) is 29.7 Å². The number of pyridine rings is 1. The third kappa shape index (κ3) is 4.20. The number of anilines is 1. The summed E-state index contributed by atoms with van der Waals surface area (Å²) in [4.78, 5) is 16.1. The van der Waals surface area contributed by atoms with E-state index in [4.69, 9.17) is 0 Å². The predicted molar refractivity (Wildman–Crippen MR) is 97.6 cm³/mol. The fourth-order valence-electron chi connectivity index (χ4n) is 2.00. The normalized spacial score (nSPS) is 11.0. The van der Waals surface area contributed by atoms with Gasteiger partial charge in [0.1, 0.15) is 5.01 Å². The van der Waals surface area contributed by atoms with Gasteiger partial charge in [-0.05, 0) is 12.1 Å². The zero-order chi connectivity index (χ0) is 17.8. The highest BCUT2D eigenvalue weighted by molar-refractivity contribution is 7.99. The molecule has 0 aliphatic rings. The van der Waals surface area contributed by atoms with Crippen LogP contribution in [0, 0.1) is 0 Å². The maximum Gasteiger partial charge on any atom is 0.236 e. The lowest BCUT2D eigenvalue weighted by Crippen LogP contribution is -2.14. The summed E-state index contributed by atoms with van der Waals surface area (Å²) in [5.41, 5.74) is 0.927. The molecule has 0 unspecified atom stereocenters. The minimum Gasteiger partial charge on any atom is -0.305 e. The molecule has 3 aromatic heterocycles. The van der Waals surface area contributed by atoms with Crippen LogP contribution in [0.5, 0.6) is 0 Å². The van der Waals surface area contributed by atoms with Crippen molar-refractivity contribution in [2.75, 3.05) is 11.1 Å². The molecule has 3 heterocycles. The fourth-order valence-corrected chi connectivity index (χ4v) is 3.47. The molecule has 3 aromatic rings. The van der Waals surface area contributed by atoms with E-state index in [2.05, 4.69) is 30.7 Å². The second-order valence-electron chi connectivity index (χ2n) is 5.54. The van der Waals surface area contributed by atoms with Crippen molar-refractivity contribution in [3.05, 3.63) is 29.5 Å². The number of rotatable bonds is 6. The number of carbonyl (C=O) groups is 1. The van der Waals surface area contributed by atoms with Gasteiger partial charge in [-0.2, -0.15) is 0 Å². The Labute approximate surface area is 153 Å². The maximum absolute atomic E-state index is 12.1. The molecule has 130 valence electrons. The lowest BCUT2D eigenvalue weighted by atomic mass is 10.2. The molecule has 0 saturated heterocycles. The van der Waals surface area contributed by atoms with Gasteiger partial charge in [0.15, 0.2) is 11.0 Å². The fraction of sp³-hybridized carbons (Fsp3) is 0.333. The van der Waals surface area contributed by atoms with Gasteiger partial charge in [0.25, 0.3) is 0 Å². The molecule has 1 N–H and O–H groups in total. The van der Waals surface area contributed by atoms with Crippen molar-refractivity contribution in [2.24, 2.45) is 7.05 Å². The number of thioether (sulfide) groups is 1. The molecule has 0 atom stereocenters. The Morgan fingerprint density at radius 1 is 1.24 bits per heavy atom. The van der Waals surface area contributed by atoms with Crippen LogP contribution >= 0.6 is 23.1 Å². The number of amides is 1. The highest BCUT2D eigenvalue weighted by atomic mass is 32.2. The molecule has 0 spiro atoms. The molecular formula is C15H17N7OS2. The third-order valence-electron chi connectivity index (χ3n) is 3.29. The lowest BCUT2D eigenvalue weighted by Gasteiger charge is -2.03. The molecule has 0 radical (unpaired) electrons. The standard InChI is InChI=1S/C15H17N7OS2/c1-9(2)13-19-20-14(25-13)17-11(23)8-24-15-21-18-12(22(15)3)10-4-6-16-7-5-10/h4-7,9H,8H2,1-3H3,(H,17,20,23). The monoisotopic (exact) mass is 375 g/mol. The molecule has 8 nitrogen and oxygen atoms in total. The number of carbonyl (C=O) groups excluding carboxylic acids is 1. The highest BCUT2D eigenvalue weighted by Crippen LogP contribution is 2.24. The van der Waals surface area contributed by atoms with E-state index in [1.165, 1.54) is 23.1 Å². The smallest absolute Gasteiger partial charge is 0.236 e. The van der Waals surface area contributed by atoms with Gasteiger partial charge in [-0.3, -0.25) is 15.1 Å². The Hall–Kier alpha value is -2.33. The number of hydrogen-bond acceptors (Lipinski definition) is 8. The van der Waals surface area contributed by atoms with E-state index in [9.17, 15) is 4.79 Å². The molecule has 1 amide bonds. The maximum atomic E-state index is 12.1. The minimum atomic E-state index is -0.148. The first kappa shape index (κ1) is 17.5. The lowest BCUT2D eigenvalue weighted by molar-refractivity contribution is -0.113. The second kappa shape index (κ2) is 7.70. The Kier molecular flexibility index (Phi) is 5.39. The zero-order valence-electron chi connectivity index (χ0n) is 14.0. The summed E-state index contributed by atoms with van der Waals surface area (Å²) < 4.78 is 1.86. The van der Waals surface area contributed by atoms with Crippen molar-refractivity contribution in [2.45, 2.75) is 24.9 Å². The summed E-state index contributed by atoms with van der Waals surface area (Å²) in [6.07, 6.45) is 3.41. The van der Waals surface area contributed by atoms with Crippen LogP contribution in [-0.4, -0.2) is 41.6 Å². The average molecular weight is 375 g/mol. The van der Waals surface area contributed by atoms with Gasteiger partial charge in [0, 0.05) is 30.9 Å². The zero-order valence-corrected chi connectivity index (χ0v) is 15.6. The van der Waals surface area contributed by atoms with Gasteiger partial charge in [-0.15, -0.1) is 20.4 Å². The molecule has 0 aliphatic carbocycles. The molecule has 25 heavy (non-hydrogen) atoms. The van der Waals surface area contributed by atoms with Gasteiger partial charge in [-0.1, -0.05) is 36.9 Å². The van der Waals surface area contributed by atoms with Crippen molar-refractivity contribution in [3.8, 4) is 11.4 Å².